The molecular weight excluding hydrogens is 469 g/mol. The van der Waals surface area contributed by atoms with Gasteiger partial charge in [-0.2, -0.15) is 9.61 Å². The summed E-state index contributed by atoms with van der Waals surface area (Å²) in [5.41, 5.74) is 0.863. The van der Waals surface area contributed by atoms with E-state index >= 15 is 0 Å². The molecule has 0 bridgehead atoms. The molecule has 0 aromatic heterocycles. The minimum Gasteiger partial charge on any atom is -0.297 e. The number of benzene rings is 2. The smallest absolute Gasteiger partial charge is 0.297 e. The molecule has 2 aromatic rings. The molecule has 26 heavy (non-hydrogen) atoms. The van der Waals surface area contributed by atoms with Crippen molar-refractivity contribution < 1.29 is 23.0 Å². The van der Waals surface area contributed by atoms with Crippen molar-refractivity contribution in [2.45, 2.75) is 17.7 Å². The maximum atomic E-state index is 12.0. The quantitative estimate of drug-likeness (QED) is 0.163. The molecule has 0 saturated heterocycles. The number of sulfonamides is 1. The number of carbonyl (C=O) groups excluding carboxylic acids is 1. The second-order valence-electron chi connectivity index (χ2n) is 4.99. The predicted molar refractivity (Wildman–Crippen MR) is 104 cm³/mol. The van der Waals surface area contributed by atoms with Gasteiger partial charge in [0.05, 0.1) is 11.3 Å². The first-order valence-electron chi connectivity index (χ1n) is 7.59. The number of carbonyl (C=O) groups is 1. The summed E-state index contributed by atoms with van der Waals surface area (Å²) in [5, 5.41) is 0. The van der Waals surface area contributed by atoms with E-state index in [1.54, 1.807) is 12.1 Å². The van der Waals surface area contributed by atoms with E-state index in [-0.39, 0.29) is 11.3 Å². The van der Waals surface area contributed by atoms with Crippen LogP contribution in [-0.4, -0.2) is 21.1 Å². The molecule has 0 aliphatic carbocycles. The number of hydrogen-bond donors (Lipinski definition) is 1. The van der Waals surface area contributed by atoms with Gasteiger partial charge in [0.1, 0.15) is 0 Å². The zero-order chi connectivity index (χ0) is 18.8. The maximum Gasteiger partial charge on any atom is 0.343 e. The summed E-state index contributed by atoms with van der Waals surface area (Å²) in [6.45, 7) is -0.476. The summed E-state index contributed by atoms with van der Waals surface area (Å²) < 4.78 is 27.1. The van der Waals surface area contributed by atoms with Crippen LogP contribution in [0.25, 0.3) is 0 Å². The Bertz CT molecular complexity index is 887. The normalized spacial score (nSPS) is 10.7. The molecule has 0 saturated carbocycles. The summed E-state index contributed by atoms with van der Waals surface area (Å²) in [6.07, 6.45) is 0.356. The third-order valence-corrected chi connectivity index (χ3v) is 5.15. The Kier molecular flexibility index (Phi) is 8.06. The zero-order valence-corrected chi connectivity index (χ0v) is 16.6. The van der Waals surface area contributed by atoms with Crippen molar-refractivity contribution in [1.82, 2.24) is 4.72 Å². The Hall–Kier alpha value is -1.93. The summed E-state index contributed by atoms with van der Waals surface area (Å²) in [4.78, 5) is 20.7. The standard InChI is InChI=1S/C18H16INO5S/c19-16-10-12-17(13-11-16)26(22,23)20-14-24-25-18(21)9-5-4-8-15-6-2-1-3-7-15/h1-3,6-7,10-13,20H,5,9,14H2. The lowest BCUT2D eigenvalue weighted by Gasteiger charge is -2.06. The summed E-state index contributed by atoms with van der Waals surface area (Å²) >= 11 is 2.08. The molecular formula is C18H16INO5S. The van der Waals surface area contributed by atoms with Crippen molar-refractivity contribution in [3.8, 4) is 11.8 Å². The molecule has 0 amide bonds. The average molecular weight is 485 g/mol. The van der Waals surface area contributed by atoms with Crippen LogP contribution in [0, 0.1) is 15.4 Å². The van der Waals surface area contributed by atoms with Crippen molar-refractivity contribution in [3.05, 3.63) is 63.7 Å². The second kappa shape index (κ2) is 10.3. The van der Waals surface area contributed by atoms with E-state index in [4.69, 9.17) is 0 Å². The van der Waals surface area contributed by atoms with Gasteiger partial charge in [0, 0.05) is 15.6 Å². The third-order valence-electron chi connectivity index (χ3n) is 3.04. The average Bonchev–Trinajstić information content (AvgIpc) is 2.64. The molecule has 0 aliphatic heterocycles. The van der Waals surface area contributed by atoms with Crippen LogP contribution in [0.5, 0.6) is 0 Å². The first-order valence-corrected chi connectivity index (χ1v) is 10.1. The van der Waals surface area contributed by atoms with Crippen LogP contribution in [0.3, 0.4) is 0 Å². The van der Waals surface area contributed by atoms with Crippen LogP contribution in [0.4, 0.5) is 0 Å². The summed E-state index contributed by atoms with van der Waals surface area (Å²) in [6, 6.07) is 15.7. The number of hydrogen-bond acceptors (Lipinski definition) is 5. The predicted octanol–water partition coefficient (Wildman–Crippen LogP) is 2.83. The molecule has 0 radical (unpaired) electrons. The van der Waals surface area contributed by atoms with E-state index < -0.39 is 22.7 Å². The van der Waals surface area contributed by atoms with Gasteiger partial charge in [-0.3, -0.25) is 4.89 Å². The van der Waals surface area contributed by atoms with E-state index in [1.165, 1.54) is 12.1 Å². The minimum absolute atomic E-state index is 0.0453. The molecule has 0 fully saturated rings. The lowest BCUT2D eigenvalue weighted by Crippen LogP contribution is -2.27. The Morgan fingerprint density at radius 3 is 2.46 bits per heavy atom. The molecule has 8 heteroatoms. The third kappa shape index (κ3) is 7.13. The second-order valence-corrected chi connectivity index (χ2v) is 8.00. The van der Waals surface area contributed by atoms with Crippen molar-refractivity contribution >= 4 is 38.6 Å². The molecule has 136 valence electrons. The first kappa shape index (κ1) is 20.4. The van der Waals surface area contributed by atoms with E-state index in [1.807, 2.05) is 30.3 Å². The zero-order valence-electron chi connectivity index (χ0n) is 13.6. The van der Waals surface area contributed by atoms with E-state index in [0.29, 0.717) is 6.42 Å². The number of rotatable bonds is 7. The summed E-state index contributed by atoms with van der Waals surface area (Å²) in [5.74, 6) is 5.15. The lowest BCUT2D eigenvalue weighted by molar-refractivity contribution is -0.273. The van der Waals surface area contributed by atoms with Gasteiger partial charge in [0.2, 0.25) is 10.0 Å². The van der Waals surface area contributed by atoms with Gasteiger partial charge in [0.15, 0.2) is 6.73 Å². The number of halogens is 1. The lowest BCUT2D eigenvalue weighted by atomic mass is 10.2. The molecule has 0 unspecified atom stereocenters. The van der Waals surface area contributed by atoms with E-state index in [9.17, 15) is 13.2 Å². The first-order chi connectivity index (χ1) is 12.5. The molecule has 0 spiro atoms. The largest absolute Gasteiger partial charge is 0.343 e. The van der Waals surface area contributed by atoms with E-state index in [2.05, 4.69) is 48.9 Å². The van der Waals surface area contributed by atoms with Gasteiger partial charge in [-0.1, -0.05) is 30.0 Å². The van der Waals surface area contributed by atoms with Gasteiger partial charge in [-0.15, -0.1) is 0 Å². The monoisotopic (exact) mass is 485 g/mol. The van der Waals surface area contributed by atoms with Crippen LogP contribution >= 0.6 is 22.6 Å². The van der Waals surface area contributed by atoms with Crippen molar-refractivity contribution in [1.29, 1.82) is 0 Å². The molecule has 2 aromatic carbocycles. The van der Waals surface area contributed by atoms with Gasteiger partial charge in [-0.05, 0) is 59.0 Å². The van der Waals surface area contributed by atoms with Crippen molar-refractivity contribution in [3.63, 3.8) is 0 Å². The minimum atomic E-state index is -3.72. The molecule has 0 heterocycles. The molecule has 6 nitrogen and oxygen atoms in total. The highest BCUT2D eigenvalue weighted by Gasteiger charge is 2.13. The Morgan fingerprint density at radius 2 is 1.77 bits per heavy atom. The van der Waals surface area contributed by atoms with Crippen molar-refractivity contribution in [2.24, 2.45) is 0 Å². The van der Waals surface area contributed by atoms with Crippen molar-refractivity contribution in [2.75, 3.05) is 6.73 Å². The molecule has 1 N–H and O–H groups in total. The maximum absolute atomic E-state index is 12.0. The molecule has 0 aliphatic rings. The number of nitrogens with one attached hydrogen (secondary N) is 1. The summed E-state index contributed by atoms with van der Waals surface area (Å²) in [7, 11) is -3.72. The van der Waals surface area contributed by atoms with Crippen LogP contribution in [0.15, 0.2) is 59.5 Å². The molecule has 2 rings (SSSR count). The highest BCUT2D eigenvalue weighted by atomic mass is 127. The fraction of sp³-hybridized carbons (Fsp3) is 0.167. The highest BCUT2D eigenvalue weighted by molar-refractivity contribution is 14.1. The fourth-order valence-electron chi connectivity index (χ4n) is 1.79. The Balaban J connectivity index is 1.67. The van der Waals surface area contributed by atoms with Crippen LogP contribution in [0.1, 0.15) is 18.4 Å². The Labute approximate surface area is 166 Å². The van der Waals surface area contributed by atoms with E-state index in [0.717, 1.165) is 9.13 Å². The topological polar surface area (TPSA) is 81.7 Å². The van der Waals surface area contributed by atoms with Crippen LogP contribution < -0.4 is 4.72 Å². The van der Waals surface area contributed by atoms with Crippen LogP contribution in [-0.2, 0) is 24.6 Å². The highest BCUT2D eigenvalue weighted by Crippen LogP contribution is 2.11. The molecule has 0 atom stereocenters. The van der Waals surface area contributed by atoms with Gasteiger partial charge in [0.25, 0.3) is 0 Å². The fourth-order valence-corrected chi connectivity index (χ4v) is 3.01. The van der Waals surface area contributed by atoms with Crippen LogP contribution in [0.2, 0.25) is 0 Å². The van der Waals surface area contributed by atoms with Gasteiger partial charge >= 0.3 is 5.97 Å². The van der Waals surface area contributed by atoms with Gasteiger partial charge < -0.3 is 0 Å². The SMILES string of the molecule is O=C(CCC#Cc1ccccc1)OOCNS(=O)(=O)c1ccc(I)cc1. The Morgan fingerprint density at radius 1 is 1.08 bits per heavy atom. The van der Waals surface area contributed by atoms with Gasteiger partial charge in [-0.25, -0.2) is 13.2 Å².